The van der Waals surface area contributed by atoms with Crippen LogP contribution in [0.3, 0.4) is 0 Å². The van der Waals surface area contributed by atoms with E-state index in [1.165, 1.54) is 25.0 Å². The van der Waals surface area contributed by atoms with Crippen molar-refractivity contribution >= 4 is 50.5 Å². The second-order valence-corrected chi connectivity index (χ2v) is 8.25. The zero-order valence-electron chi connectivity index (χ0n) is 12.1. The number of fused-ring (bicyclic) bond motifs is 1. The summed E-state index contributed by atoms with van der Waals surface area (Å²) in [6, 6.07) is 2.56. The smallest absolute Gasteiger partial charge is 0.160 e. The van der Waals surface area contributed by atoms with Gasteiger partial charge in [0.1, 0.15) is 11.3 Å². The third kappa shape index (κ3) is 3.25. The summed E-state index contributed by atoms with van der Waals surface area (Å²) in [4.78, 5) is 9.36. The Morgan fingerprint density at radius 1 is 1.48 bits per heavy atom. The van der Waals surface area contributed by atoms with E-state index in [4.69, 9.17) is 16.6 Å². The van der Waals surface area contributed by atoms with E-state index in [-0.39, 0.29) is 0 Å². The van der Waals surface area contributed by atoms with Gasteiger partial charge < -0.3 is 4.57 Å². The number of hydrogen-bond donors (Lipinski definition) is 0. The molecule has 1 aliphatic carbocycles. The first-order chi connectivity index (χ1) is 10.2. The second-order valence-electron chi connectivity index (χ2n) is 5.38. The van der Waals surface area contributed by atoms with Crippen LogP contribution in [0.25, 0.3) is 11.2 Å². The first kappa shape index (κ1) is 15.6. The first-order valence-corrected chi connectivity index (χ1v) is 9.80. The molecule has 2 atom stereocenters. The van der Waals surface area contributed by atoms with E-state index in [1.807, 2.05) is 12.3 Å². The predicted octanol–water partition coefficient (Wildman–Crippen LogP) is 4.82. The van der Waals surface area contributed by atoms with Gasteiger partial charge >= 0.3 is 0 Å². The summed E-state index contributed by atoms with van der Waals surface area (Å²) in [6.45, 7) is 2.24. The SMILES string of the molecule is CCSC1CCC(n2c(CCCl)nc3cc(Br)cnc32)C1. The molecule has 1 saturated carbocycles. The lowest BCUT2D eigenvalue weighted by molar-refractivity contribution is 0.511. The molecule has 0 aromatic carbocycles. The van der Waals surface area contributed by atoms with E-state index in [1.54, 1.807) is 0 Å². The van der Waals surface area contributed by atoms with Crippen LogP contribution in [0.1, 0.15) is 38.1 Å². The van der Waals surface area contributed by atoms with Crippen LogP contribution >= 0.6 is 39.3 Å². The van der Waals surface area contributed by atoms with Gasteiger partial charge in [0.25, 0.3) is 0 Å². The highest BCUT2D eigenvalue weighted by Crippen LogP contribution is 2.39. The molecule has 2 heterocycles. The fraction of sp³-hybridized carbons (Fsp3) is 0.600. The highest BCUT2D eigenvalue weighted by atomic mass is 79.9. The van der Waals surface area contributed by atoms with E-state index in [2.05, 4.69) is 44.2 Å². The molecule has 1 fully saturated rings. The summed E-state index contributed by atoms with van der Waals surface area (Å²) in [5.74, 6) is 2.88. The molecule has 0 saturated heterocycles. The standard InChI is InChI=1S/C15H19BrClN3S/c1-2-21-12-4-3-11(8-12)20-14(5-6-17)19-13-7-10(16)9-18-15(13)20/h7,9,11-12H,2-6,8H2,1H3. The Labute approximate surface area is 143 Å². The molecule has 21 heavy (non-hydrogen) atoms. The van der Waals surface area contributed by atoms with Crippen LogP contribution in [0.2, 0.25) is 0 Å². The van der Waals surface area contributed by atoms with E-state index in [9.17, 15) is 0 Å². The molecular weight excluding hydrogens is 370 g/mol. The Balaban J connectivity index is 1.97. The maximum atomic E-state index is 5.96. The summed E-state index contributed by atoms with van der Waals surface area (Å²) >= 11 is 11.5. The number of rotatable bonds is 5. The molecule has 0 radical (unpaired) electrons. The van der Waals surface area contributed by atoms with Crippen LogP contribution in [0.4, 0.5) is 0 Å². The number of imidazole rings is 1. The minimum absolute atomic E-state index is 0.519. The van der Waals surface area contributed by atoms with Gasteiger partial charge in [-0.2, -0.15) is 11.8 Å². The number of alkyl halides is 1. The molecule has 1 aliphatic rings. The van der Waals surface area contributed by atoms with Gasteiger partial charge in [-0.15, -0.1) is 11.6 Å². The average molecular weight is 389 g/mol. The van der Waals surface area contributed by atoms with Gasteiger partial charge in [0.15, 0.2) is 5.65 Å². The van der Waals surface area contributed by atoms with Crippen LogP contribution < -0.4 is 0 Å². The molecule has 0 amide bonds. The fourth-order valence-corrected chi connectivity index (χ4v) is 4.81. The van der Waals surface area contributed by atoms with Crippen LogP contribution in [-0.2, 0) is 6.42 Å². The van der Waals surface area contributed by atoms with E-state index in [0.29, 0.717) is 11.9 Å². The molecule has 0 N–H and O–H groups in total. The lowest BCUT2D eigenvalue weighted by atomic mass is 10.2. The lowest BCUT2D eigenvalue weighted by Crippen LogP contribution is -2.11. The lowest BCUT2D eigenvalue weighted by Gasteiger charge is -2.16. The van der Waals surface area contributed by atoms with E-state index in [0.717, 1.165) is 33.1 Å². The molecular formula is C15H19BrClN3S. The molecule has 0 spiro atoms. The highest BCUT2D eigenvalue weighted by molar-refractivity contribution is 9.10. The van der Waals surface area contributed by atoms with Crippen LogP contribution in [0, 0.1) is 0 Å². The summed E-state index contributed by atoms with van der Waals surface area (Å²) in [5.41, 5.74) is 1.97. The van der Waals surface area contributed by atoms with E-state index < -0.39 is 0 Å². The Hall–Kier alpha value is -0.260. The van der Waals surface area contributed by atoms with Crippen molar-refractivity contribution in [3.8, 4) is 0 Å². The fourth-order valence-electron chi connectivity index (χ4n) is 3.19. The van der Waals surface area contributed by atoms with Gasteiger partial charge in [-0.1, -0.05) is 6.92 Å². The van der Waals surface area contributed by atoms with Crippen molar-refractivity contribution in [2.75, 3.05) is 11.6 Å². The van der Waals surface area contributed by atoms with Gasteiger partial charge in [0, 0.05) is 34.3 Å². The molecule has 0 aliphatic heterocycles. The first-order valence-electron chi connectivity index (χ1n) is 7.42. The quantitative estimate of drug-likeness (QED) is 0.688. The predicted molar refractivity (Wildman–Crippen MR) is 94.5 cm³/mol. The number of thioether (sulfide) groups is 1. The van der Waals surface area contributed by atoms with Crippen molar-refractivity contribution < 1.29 is 0 Å². The third-order valence-corrected chi connectivity index (χ3v) is 5.87. The number of aromatic nitrogens is 3. The largest absolute Gasteiger partial charge is 0.310 e. The average Bonchev–Trinajstić information content (AvgIpc) is 3.03. The minimum atomic E-state index is 0.519. The van der Waals surface area contributed by atoms with Crippen molar-refractivity contribution in [3.63, 3.8) is 0 Å². The van der Waals surface area contributed by atoms with Gasteiger partial charge in [0.05, 0.1) is 0 Å². The maximum Gasteiger partial charge on any atom is 0.160 e. The number of nitrogens with zero attached hydrogens (tertiary/aromatic N) is 3. The van der Waals surface area contributed by atoms with Crippen LogP contribution in [0.15, 0.2) is 16.7 Å². The topological polar surface area (TPSA) is 30.7 Å². The summed E-state index contributed by atoms with van der Waals surface area (Å²) in [6.07, 6.45) is 6.39. The molecule has 2 aromatic heterocycles. The summed E-state index contributed by atoms with van der Waals surface area (Å²) in [5, 5.41) is 0.775. The second kappa shape index (κ2) is 6.88. The Morgan fingerprint density at radius 3 is 3.10 bits per heavy atom. The molecule has 3 nitrogen and oxygen atoms in total. The normalized spacial score (nSPS) is 22.2. The molecule has 114 valence electrons. The maximum absolute atomic E-state index is 5.96. The monoisotopic (exact) mass is 387 g/mol. The summed E-state index contributed by atoms with van der Waals surface area (Å²) in [7, 11) is 0. The number of pyridine rings is 1. The van der Waals surface area contributed by atoms with Crippen LogP contribution in [-0.4, -0.2) is 31.4 Å². The van der Waals surface area contributed by atoms with Crippen molar-refractivity contribution in [3.05, 3.63) is 22.6 Å². The molecule has 2 unspecified atom stereocenters. The molecule has 0 bridgehead atoms. The third-order valence-electron chi connectivity index (χ3n) is 4.01. The minimum Gasteiger partial charge on any atom is -0.310 e. The zero-order chi connectivity index (χ0) is 14.8. The highest BCUT2D eigenvalue weighted by Gasteiger charge is 2.29. The van der Waals surface area contributed by atoms with Gasteiger partial charge in [-0.05, 0) is 47.0 Å². The van der Waals surface area contributed by atoms with Crippen LogP contribution in [0.5, 0.6) is 0 Å². The van der Waals surface area contributed by atoms with E-state index >= 15 is 0 Å². The number of aryl methyl sites for hydroxylation is 1. The molecule has 6 heteroatoms. The Kier molecular flexibility index (Phi) is 5.12. The Morgan fingerprint density at radius 2 is 2.33 bits per heavy atom. The molecule has 2 aromatic rings. The number of halogens is 2. The Bertz CT molecular complexity index is 631. The van der Waals surface area contributed by atoms with Gasteiger partial charge in [-0.25, -0.2) is 9.97 Å². The van der Waals surface area contributed by atoms with Gasteiger partial charge in [-0.3, -0.25) is 0 Å². The van der Waals surface area contributed by atoms with Crippen molar-refractivity contribution in [2.45, 2.75) is 43.9 Å². The number of hydrogen-bond acceptors (Lipinski definition) is 3. The van der Waals surface area contributed by atoms with Crippen molar-refractivity contribution in [1.29, 1.82) is 0 Å². The summed E-state index contributed by atoms with van der Waals surface area (Å²) < 4.78 is 3.32. The molecule has 3 rings (SSSR count). The zero-order valence-corrected chi connectivity index (χ0v) is 15.2. The van der Waals surface area contributed by atoms with Gasteiger partial charge in [0.2, 0.25) is 0 Å². The van der Waals surface area contributed by atoms with Crippen molar-refractivity contribution in [1.82, 2.24) is 14.5 Å². The van der Waals surface area contributed by atoms with Crippen molar-refractivity contribution in [2.24, 2.45) is 0 Å².